The van der Waals surface area contributed by atoms with Crippen molar-refractivity contribution in [1.29, 1.82) is 0 Å². The third-order valence-corrected chi connectivity index (χ3v) is 5.96. The van der Waals surface area contributed by atoms with Crippen molar-refractivity contribution < 1.29 is 17.9 Å². The SMILES string of the molecule is COC1(C(F)(F)F)CC2(CN(Cc3c(Cl)cccc3-n3ccnc3)C2)C1. The number of halogens is 4. The van der Waals surface area contributed by atoms with E-state index in [-0.39, 0.29) is 18.3 Å². The highest BCUT2D eigenvalue weighted by Crippen LogP contribution is 2.61. The Bertz CT molecular complexity index is 793. The van der Waals surface area contributed by atoms with E-state index in [0.717, 1.165) is 18.4 Å². The summed E-state index contributed by atoms with van der Waals surface area (Å²) in [5, 5.41) is 0.646. The van der Waals surface area contributed by atoms with Crippen LogP contribution in [0.1, 0.15) is 18.4 Å². The van der Waals surface area contributed by atoms with E-state index in [1.165, 1.54) is 0 Å². The predicted molar refractivity (Wildman–Crippen MR) is 91.3 cm³/mol. The Hall–Kier alpha value is -1.57. The number of ether oxygens (including phenoxy) is 1. The fraction of sp³-hybridized carbons (Fsp3) is 0.500. The molecule has 1 spiro atoms. The summed E-state index contributed by atoms with van der Waals surface area (Å²) < 4.78 is 46.3. The lowest BCUT2D eigenvalue weighted by atomic mass is 9.54. The van der Waals surface area contributed by atoms with Crippen molar-refractivity contribution in [3.63, 3.8) is 0 Å². The fourth-order valence-electron chi connectivity index (χ4n) is 4.43. The summed E-state index contributed by atoms with van der Waals surface area (Å²) in [5.41, 5.74) is -0.366. The Balaban J connectivity index is 1.45. The molecule has 1 aliphatic carbocycles. The molecule has 0 radical (unpaired) electrons. The van der Waals surface area contributed by atoms with E-state index in [1.54, 1.807) is 12.5 Å². The molecule has 4 nitrogen and oxygen atoms in total. The van der Waals surface area contributed by atoms with E-state index >= 15 is 0 Å². The minimum Gasteiger partial charge on any atom is -0.369 e. The van der Waals surface area contributed by atoms with E-state index in [4.69, 9.17) is 16.3 Å². The molecule has 1 aliphatic heterocycles. The van der Waals surface area contributed by atoms with Gasteiger partial charge in [-0.25, -0.2) is 4.98 Å². The Kier molecular flexibility index (Phi) is 4.09. The number of hydrogen-bond donors (Lipinski definition) is 0. The second kappa shape index (κ2) is 5.97. The monoisotopic (exact) mass is 385 g/mol. The van der Waals surface area contributed by atoms with E-state index in [9.17, 15) is 13.2 Å². The molecule has 1 aromatic heterocycles. The summed E-state index contributed by atoms with van der Waals surface area (Å²) in [5.74, 6) is 0. The van der Waals surface area contributed by atoms with Gasteiger partial charge in [-0.1, -0.05) is 17.7 Å². The van der Waals surface area contributed by atoms with Gasteiger partial charge in [-0.15, -0.1) is 0 Å². The van der Waals surface area contributed by atoms with Crippen LogP contribution in [0.3, 0.4) is 0 Å². The highest BCUT2D eigenvalue weighted by molar-refractivity contribution is 6.31. The predicted octanol–water partition coefficient (Wildman–Crippen LogP) is 4.07. The van der Waals surface area contributed by atoms with Gasteiger partial charge in [0, 0.05) is 55.1 Å². The lowest BCUT2D eigenvalue weighted by molar-refractivity contribution is -0.340. The van der Waals surface area contributed by atoms with E-state index in [1.807, 2.05) is 29.0 Å². The number of likely N-dealkylation sites (tertiary alicyclic amines) is 1. The van der Waals surface area contributed by atoms with Crippen molar-refractivity contribution in [2.24, 2.45) is 5.41 Å². The molecule has 2 aliphatic rings. The number of nitrogens with zero attached hydrogens (tertiary/aromatic N) is 3. The van der Waals surface area contributed by atoms with Gasteiger partial charge < -0.3 is 9.30 Å². The maximum absolute atomic E-state index is 13.2. The first-order valence-corrected chi connectivity index (χ1v) is 8.75. The molecule has 0 amide bonds. The molecule has 1 saturated heterocycles. The summed E-state index contributed by atoms with van der Waals surface area (Å²) in [6.07, 6.45) is 0.995. The fourth-order valence-corrected chi connectivity index (χ4v) is 4.66. The van der Waals surface area contributed by atoms with Crippen molar-refractivity contribution in [3.05, 3.63) is 47.5 Å². The van der Waals surface area contributed by atoms with Gasteiger partial charge in [0.1, 0.15) is 0 Å². The largest absolute Gasteiger partial charge is 0.417 e. The third kappa shape index (κ3) is 2.73. The summed E-state index contributed by atoms with van der Waals surface area (Å²) in [7, 11) is 1.15. The first-order chi connectivity index (χ1) is 12.3. The van der Waals surface area contributed by atoms with Crippen LogP contribution in [-0.4, -0.2) is 46.4 Å². The molecule has 0 atom stereocenters. The maximum Gasteiger partial charge on any atom is 0.417 e. The van der Waals surface area contributed by atoms with Gasteiger partial charge in [0.15, 0.2) is 5.60 Å². The first-order valence-electron chi connectivity index (χ1n) is 8.38. The minimum absolute atomic E-state index is 0.0351. The number of alkyl halides is 3. The van der Waals surface area contributed by atoms with Crippen LogP contribution in [0.15, 0.2) is 36.9 Å². The van der Waals surface area contributed by atoms with Gasteiger partial charge in [0.2, 0.25) is 0 Å². The van der Waals surface area contributed by atoms with Gasteiger partial charge in [0.05, 0.1) is 12.0 Å². The normalized spacial score (nSPS) is 21.4. The summed E-state index contributed by atoms with van der Waals surface area (Å²) >= 11 is 6.39. The standard InChI is InChI=1S/C18H19ClF3N3O/c1-26-17(18(20,21)22)8-16(9-17)10-24(11-16)7-13-14(19)3-2-4-15(13)25-6-5-23-12-25/h2-6,12H,7-11H2,1H3. The quantitative estimate of drug-likeness (QED) is 0.794. The Morgan fingerprint density at radius 1 is 1.27 bits per heavy atom. The second-order valence-electron chi connectivity index (χ2n) is 7.40. The highest BCUT2D eigenvalue weighted by Gasteiger charge is 2.70. The van der Waals surface area contributed by atoms with Crippen molar-refractivity contribution >= 4 is 11.6 Å². The molecule has 1 aromatic carbocycles. The van der Waals surface area contributed by atoms with Crippen LogP contribution in [0.4, 0.5) is 13.2 Å². The topological polar surface area (TPSA) is 30.3 Å². The van der Waals surface area contributed by atoms with Gasteiger partial charge in [-0.3, -0.25) is 4.90 Å². The van der Waals surface area contributed by atoms with Gasteiger partial charge >= 0.3 is 6.18 Å². The van der Waals surface area contributed by atoms with Gasteiger partial charge in [-0.2, -0.15) is 13.2 Å². The van der Waals surface area contributed by atoms with E-state index in [0.29, 0.717) is 24.7 Å². The number of rotatable bonds is 4. The van der Waals surface area contributed by atoms with Crippen LogP contribution < -0.4 is 0 Å². The molecule has 2 aromatic rings. The molecule has 4 rings (SSSR count). The molecule has 0 N–H and O–H groups in total. The highest BCUT2D eigenvalue weighted by atomic mass is 35.5. The van der Waals surface area contributed by atoms with E-state index in [2.05, 4.69) is 9.88 Å². The van der Waals surface area contributed by atoms with Crippen LogP contribution in [0.25, 0.3) is 5.69 Å². The summed E-state index contributed by atoms with van der Waals surface area (Å²) in [6.45, 7) is 1.85. The zero-order valence-electron chi connectivity index (χ0n) is 14.3. The van der Waals surface area contributed by atoms with Crippen molar-refractivity contribution in [1.82, 2.24) is 14.5 Å². The van der Waals surface area contributed by atoms with Crippen LogP contribution in [0.2, 0.25) is 5.02 Å². The third-order valence-electron chi connectivity index (χ3n) is 5.60. The molecule has 0 bridgehead atoms. The maximum atomic E-state index is 13.2. The zero-order chi connectivity index (χ0) is 18.6. The number of hydrogen-bond acceptors (Lipinski definition) is 3. The number of benzene rings is 1. The molecular formula is C18H19ClF3N3O. The summed E-state index contributed by atoms with van der Waals surface area (Å²) in [4.78, 5) is 6.20. The van der Waals surface area contributed by atoms with E-state index < -0.39 is 11.8 Å². The molecule has 26 heavy (non-hydrogen) atoms. The van der Waals surface area contributed by atoms with Crippen molar-refractivity contribution in [3.8, 4) is 5.69 Å². The van der Waals surface area contributed by atoms with Crippen LogP contribution in [0, 0.1) is 5.41 Å². The number of imidazole rings is 1. The van der Waals surface area contributed by atoms with Gasteiger partial charge in [0.25, 0.3) is 0 Å². The molecule has 8 heteroatoms. The average molecular weight is 386 g/mol. The van der Waals surface area contributed by atoms with Crippen molar-refractivity contribution in [2.45, 2.75) is 31.2 Å². The molecular weight excluding hydrogens is 367 g/mol. The minimum atomic E-state index is -4.31. The van der Waals surface area contributed by atoms with Crippen LogP contribution in [-0.2, 0) is 11.3 Å². The summed E-state index contributed by atoms with van der Waals surface area (Å²) in [6, 6.07) is 5.66. The van der Waals surface area contributed by atoms with Crippen molar-refractivity contribution in [2.75, 3.05) is 20.2 Å². The Labute approximate surface area is 154 Å². The zero-order valence-corrected chi connectivity index (χ0v) is 15.0. The van der Waals surface area contributed by atoms with Crippen LogP contribution >= 0.6 is 11.6 Å². The van der Waals surface area contributed by atoms with Gasteiger partial charge in [-0.05, 0) is 25.0 Å². The van der Waals surface area contributed by atoms with Crippen LogP contribution in [0.5, 0.6) is 0 Å². The smallest absolute Gasteiger partial charge is 0.369 e. The number of methoxy groups -OCH3 is 1. The molecule has 0 unspecified atom stereocenters. The molecule has 140 valence electrons. The lowest BCUT2D eigenvalue weighted by Crippen LogP contribution is -2.72. The first kappa shape index (κ1) is 17.8. The second-order valence-corrected chi connectivity index (χ2v) is 7.81. The molecule has 1 saturated carbocycles. The Morgan fingerprint density at radius 3 is 2.58 bits per heavy atom. The number of aromatic nitrogens is 2. The Morgan fingerprint density at radius 2 is 2.00 bits per heavy atom. The molecule has 2 fully saturated rings. The molecule has 2 heterocycles. The average Bonchev–Trinajstić information content (AvgIpc) is 3.02. The lowest BCUT2D eigenvalue weighted by Gasteiger charge is -2.63.